The van der Waals surface area contributed by atoms with Crippen molar-refractivity contribution in [2.45, 2.75) is 6.54 Å². The molecule has 0 saturated heterocycles. The van der Waals surface area contributed by atoms with Crippen molar-refractivity contribution in [2.75, 3.05) is 0 Å². The maximum atomic E-state index is 13.1. The molecule has 0 spiro atoms. The van der Waals surface area contributed by atoms with E-state index in [9.17, 15) is 4.79 Å². The third kappa shape index (κ3) is 3.86. The third-order valence-corrected chi connectivity index (χ3v) is 4.77. The van der Waals surface area contributed by atoms with Crippen LogP contribution >= 0.6 is 11.6 Å². The first-order chi connectivity index (χ1) is 13.2. The first-order valence-electron chi connectivity index (χ1n) is 8.81. The molecule has 0 bridgehead atoms. The van der Waals surface area contributed by atoms with Gasteiger partial charge in [-0.2, -0.15) is 0 Å². The minimum absolute atomic E-state index is 0.00709. The van der Waals surface area contributed by atoms with E-state index in [-0.39, 0.29) is 5.91 Å². The van der Waals surface area contributed by atoms with Crippen molar-refractivity contribution in [3.05, 3.63) is 118 Å². The summed E-state index contributed by atoms with van der Waals surface area (Å²) in [6.07, 6.45) is 3.88. The smallest absolute Gasteiger partial charge is 0.258 e. The summed E-state index contributed by atoms with van der Waals surface area (Å²) in [6.45, 7) is 0.540. The van der Waals surface area contributed by atoms with Crippen LogP contribution in [0.4, 0.5) is 0 Å². The van der Waals surface area contributed by atoms with E-state index in [2.05, 4.69) is 0 Å². The number of hydrogen-bond acceptors (Lipinski definition) is 1. The van der Waals surface area contributed by atoms with E-state index in [1.807, 2.05) is 102 Å². The van der Waals surface area contributed by atoms with Crippen molar-refractivity contribution < 1.29 is 4.79 Å². The van der Waals surface area contributed by atoms with Crippen LogP contribution in [0.2, 0.25) is 5.02 Å². The first kappa shape index (κ1) is 17.3. The molecule has 3 heteroatoms. The van der Waals surface area contributed by atoms with Gasteiger partial charge in [-0.05, 0) is 41.0 Å². The number of carbonyl (C=O) groups is 1. The molecular weight excluding hydrogens is 354 g/mol. The summed E-state index contributed by atoms with van der Waals surface area (Å²) in [5, 5.41) is 0.682. The molecule has 4 rings (SSSR count). The van der Waals surface area contributed by atoms with Crippen LogP contribution < -0.4 is 0 Å². The van der Waals surface area contributed by atoms with E-state index in [0.29, 0.717) is 17.1 Å². The van der Waals surface area contributed by atoms with Crippen molar-refractivity contribution in [3.8, 4) is 0 Å². The zero-order valence-corrected chi connectivity index (χ0v) is 15.4. The van der Waals surface area contributed by atoms with Gasteiger partial charge in [-0.25, -0.2) is 0 Å². The largest absolute Gasteiger partial charge is 0.303 e. The minimum atomic E-state index is 0.00709. The Labute approximate surface area is 164 Å². The lowest BCUT2D eigenvalue weighted by Gasteiger charge is -2.20. The summed E-state index contributed by atoms with van der Waals surface area (Å²) in [5.74, 6) is 0.00709. The average Bonchev–Trinajstić information content (AvgIpc) is 3.01. The quantitative estimate of drug-likeness (QED) is 0.530. The molecule has 2 nitrogen and oxygen atoms in total. The molecule has 0 saturated carbocycles. The van der Waals surface area contributed by atoms with Gasteiger partial charge in [-0.15, -0.1) is 0 Å². The van der Waals surface area contributed by atoms with Crippen molar-refractivity contribution in [1.82, 2.24) is 4.90 Å². The summed E-state index contributed by atoms with van der Waals surface area (Å²) >= 11 is 5.97. The van der Waals surface area contributed by atoms with Gasteiger partial charge in [0.15, 0.2) is 0 Å². The number of hydrogen-bond donors (Lipinski definition) is 0. The van der Waals surface area contributed by atoms with Gasteiger partial charge in [0.05, 0.1) is 12.2 Å². The lowest BCUT2D eigenvalue weighted by molar-refractivity contribution is -0.123. The van der Waals surface area contributed by atoms with Gasteiger partial charge in [0.25, 0.3) is 5.91 Å². The molecule has 0 radical (unpaired) electrons. The van der Waals surface area contributed by atoms with E-state index in [0.717, 1.165) is 22.4 Å². The highest BCUT2D eigenvalue weighted by atomic mass is 35.5. The molecule has 27 heavy (non-hydrogen) atoms. The second-order valence-corrected chi connectivity index (χ2v) is 6.86. The molecule has 0 unspecified atom stereocenters. The Morgan fingerprint density at radius 1 is 0.815 bits per heavy atom. The van der Waals surface area contributed by atoms with Gasteiger partial charge >= 0.3 is 0 Å². The van der Waals surface area contributed by atoms with E-state index in [1.165, 1.54) is 0 Å². The zero-order valence-electron chi connectivity index (χ0n) is 14.7. The molecule has 0 atom stereocenters. The molecular formula is C24H18ClNO. The SMILES string of the molecule is O=C1/C(=C\c2ccc(Cl)cc2)C=C(c2ccccc2)N1Cc1ccccc1. The third-order valence-electron chi connectivity index (χ3n) is 4.52. The van der Waals surface area contributed by atoms with Gasteiger partial charge in [0.1, 0.15) is 0 Å². The van der Waals surface area contributed by atoms with Crippen LogP contribution in [0.25, 0.3) is 11.8 Å². The summed E-state index contributed by atoms with van der Waals surface area (Å²) in [7, 11) is 0. The number of nitrogens with zero attached hydrogens (tertiary/aromatic N) is 1. The van der Waals surface area contributed by atoms with E-state index in [1.54, 1.807) is 0 Å². The number of benzene rings is 3. The van der Waals surface area contributed by atoms with Crippen molar-refractivity contribution >= 4 is 29.3 Å². The number of carbonyl (C=O) groups excluding carboxylic acids is 1. The molecule has 0 aliphatic carbocycles. The van der Waals surface area contributed by atoms with Crippen LogP contribution in [0.1, 0.15) is 16.7 Å². The summed E-state index contributed by atoms with van der Waals surface area (Å²) in [5.41, 5.74) is 4.67. The van der Waals surface area contributed by atoms with Crippen LogP contribution in [-0.2, 0) is 11.3 Å². The molecule has 0 fully saturated rings. The topological polar surface area (TPSA) is 20.3 Å². The van der Waals surface area contributed by atoms with Crippen LogP contribution in [0.15, 0.2) is 96.6 Å². The average molecular weight is 372 g/mol. The lowest BCUT2D eigenvalue weighted by Crippen LogP contribution is -2.25. The monoisotopic (exact) mass is 371 g/mol. The lowest BCUT2D eigenvalue weighted by atomic mass is 10.1. The summed E-state index contributed by atoms with van der Waals surface area (Å²) in [4.78, 5) is 15.0. The first-order valence-corrected chi connectivity index (χ1v) is 9.19. The number of amides is 1. The molecule has 0 N–H and O–H groups in total. The fraction of sp³-hybridized carbons (Fsp3) is 0.0417. The maximum Gasteiger partial charge on any atom is 0.258 e. The van der Waals surface area contributed by atoms with Crippen molar-refractivity contribution in [1.29, 1.82) is 0 Å². The highest BCUT2D eigenvalue weighted by molar-refractivity contribution is 6.30. The van der Waals surface area contributed by atoms with Gasteiger partial charge < -0.3 is 4.90 Å². The Hall–Kier alpha value is -3.10. The molecule has 1 aliphatic rings. The molecule has 3 aromatic rings. The normalized spacial score (nSPS) is 15.3. The second-order valence-electron chi connectivity index (χ2n) is 6.42. The van der Waals surface area contributed by atoms with E-state index in [4.69, 9.17) is 11.6 Å². The molecule has 0 aromatic heterocycles. The predicted molar refractivity (Wildman–Crippen MR) is 111 cm³/mol. The Balaban J connectivity index is 1.72. The van der Waals surface area contributed by atoms with Crippen LogP contribution in [0.5, 0.6) is 0 Å². The molecule has 1 heterocycles. The molecule has 3 aromatic carbocycles. The fourth-order valence-electron chi connectivity index (χ4n) is 3.17. The fourth-order valence-corrected chi connectivity index (χ4v) is 3.29. The van der Waals surface area contributed by atoms with Gasteiger partial charge in [-0.3, -0.25) is 4.79 Å². The predicted octanol–water partition coefficient (Wildman–Crippen LogP) is 5.81. The van der Waals surface area contributed by atoms with Gasteiger partial charge in [0.2, 0.25) is 0 Å². The van der Waals surface area contributed by atoms with Gasteiger partial charge in [0, 0.05) is 10.6 Å². The summed E-state index contributed by atoms with van der Waals surface area (Å²) < 4.78 is 0. The Morgan fingerprint density at radius 2 is 1.44 bits per heavy atom. The molecule has 1 amide bonds. The van der Waals surface area contributed by atoms with Crippen LogP contribution in [-0.4, -0.2) is 10.8 Å². The highest BCUT2D eigenvalue weighted by Gasteiger charge is 2.28. The zero-order chi connectivity index (χ0) is 18.6. The minimum Gasteiger partial charge on any atom is -0.303 e. The molecule has 1 aliphatic heterocycles. The Bertz CT molecular complexity index is 1010. The molecule has 132 valence electrons. The van der Waals surface area contributed by atoms with Crippen molar-refractivity contribution in [2.24, 2.45) is 0 Å². The van der Waals surface area contributed by atoms with E-state index >= 15 is 0 Å². The van der Waals surface area contributed by atoms with Crippen LogP contribution in [0, 0.1) is 0 Å². The number of halogens is 1. The highest BCUT2D eigenvalue weighted by Crippen LogP contribution is 2.32. The van der Waals surface area contributed by atoms with Gasteiger partial charge in [-0.1, -0.05) is 84.4 Å². The maximum absolute atomic E-state index is 13.1. The van der Waals surface area contributed by atoms with E-state index < -0.39 is 0 Å². The van der Waals surface area contributed by atoms with Crippen LogP contribution in [0.3, 0.4) is 0 Å². The second kappa shape index (κ2) is 7.65. The Kier molecular flexibility index (Phi) is 4.91. The Morgan fingerprint density at radius 3 is 2.11 bits per heavy atom. The number of rotatable bonds is 4. The van der Waals surface area contributed by atoms with Crippen molar-refractivity contribution in [3.63, 3.8) is 0 Å². The summed E-state index contributed by atoms with van der Waals surface area (Å²) in [6, 6.07) is 27.5. The standard InChI is InChI=1S/C24H18ClNO/c25-22-13-11-18(12-14-22)15-21-16-23(20-9-5-2-6-10-20)26(24(21)27)17-19-7-3-1-4-8-19/h1-16H,17H2/b21-15-.